The van der Waals surface area contributed by atoms with Crippen molar-refractivity contribution in [1.82, 2.24) is 0 Å². The molecular formula is C9H6FNO5. The zero-order valence-electron chi connectivity index (χ0n) is 8.10. The third kappa shape index (κ3) is 2.02. The summed E-state index contributed by atoms with van der Waals surface area (Å²) in [6, 6.07) is 1.29. The van der Waals surface area contributed by atoms with Crippen LogP contribution in [0, 0.1) is 15.9 Å². The summed E-state index contributed by atoms with van der Waals surface area (Å²) < 4.78 is 17.4. The lowest BCUT2D eigenvalue weighted by molar-refractivity contribution is -0.385. The van der Waals surface area contributed by atoms with Gasteiger partial charge in [-0.2, -0.15) is 0 Å². The summed E-state index contributed by atoms with van der Waals surface area (Å²) in [6.45, 7) is 0. The van der Waals surface area contributed by atoms with E-state index in [1.54, 1.807) is 0 Å². The molecule has 0 heterocycles. The molecule has 7 heteroatoms. The van der Waals surface area contributed by atoms with Gasteiger partial charge in [0.05, 0.1) is 23.7 Å². The summed E-state index contributed by atoms with van der Waals surface area (Å²) in [7, 11) is 1.02. The van der Waals surface area contributed by atoms with Gasteiger partial charge in [-0.25, -0.2) is 9.18 Å². The summed E-state index contributed by atoms with van der Waals surface area (Å²) in [5.41, 5.74) is -1.64. The lowest BCUT2D eigenvalue weighted by Gasteiger charge is -2.02. The van der Waals surface area contributed by atoms with Crippen LogP contribution in [0.5, 0.6) is 0 Å². The minimum Gasteiger partial charge on any atom is -0.465 e. The minimum absolute atomic E-state index is 0.158. The van der Waals surface area contributed by atoms with Gasteiger partial charge in [0.15, 0.2) is 6.29 Å². The van der Waals surface area contributed by atoms with Crippen molar-refractivity contribution in [2.24, 2.45) is 0 Å². The number of aldehydes is 1. The van der Waals surface area contributed by atoms with Crippen molar-refractivity contribution >= 4 is 17.9 Å². The highest BCUT2D eigenvalue weighted by atomic mass is 19.1. The molecule has 0 aliphatic rings. The average Bonchev–Trinajstić information content (AvgIpc) is 2.27. The van der Waals surface area contributed by atoms with Crippen LogP contribution in [0.4, 0.5) is 10.1 Å². The van der Waals surface area contributed by atoms with Crippen LogP contribution in [-0.4, -0.2) is 24.3 Å². The molecule has 0 saturated carbocycles. The molecule has 0 spiro atoms. The number of methoxy groups -OCH3 is 1. The molecule has 16 heavy (non-hydrogen) atoms. The first kappa shape index (κ1) is 11.8. The van der Waals surface area contributed by atoms with Gasteiger partial charge >= 0.3 is 5.97 Å². The first-order valence-corrected chi connectivity index (χ1v) is 4.02. The molecule has 0 unspecified atom stereocenters. The van der Waals surface area contributed by atoms with Gasteiger partial charge in [-0.15, -0.1) is 0 Å². The molecule has 6 nitrogen and oxygen atoms in total. The average molecular weight is 227 g/mol. The van der Waals surface area contributed by atoms with Gasteiger partial charge in [-0.05, 0) is 6.07 Å². The third-order valence-electron chi connectivity index (χ3n) is 1.84. The van der Waals surface area contributed by atoms with Crippen molar-refractivity contribution in [3.05, 3.63) is 39.2 Å². The number of nitrogens with zero attached hydrogens (tertiary/aromatic N) is 1. The molecule has 0 aliphatic carbocycles. The van der Waals surface area contributed by atoms with Crippen molar-refractivity contribution in [1.29, 1.82) is 0 Å². The number of carbonyl (C=O) groups excluding carboxylic acids is 2. The molecule has 0 amide bonds. The zero-order chi connectivity index (χ0) is 12.3. The molecule has 0 aromatic heterocycles. The van der Waals surface area contributed by atoms with E-state index in [4.69, 9.17) is 0 Å². The fourth-order valence-corrected chi connectivity index (χ4v) is 1.09. The molecule has 84 valence electrons. The fourth-order valence-electron chi connectivity index (χ4n) is 1.09. The number of benzene rings is 1. The zero-order valence-corrected chi connectivity index (χ0v) is 8.10. The van der Waals surface area contributed by atoms with E-state index in [0.717, 1.165) is 13.2 Å². The Morgan fingerprint density at radius 2 is 2.19 bits per heavy atom. The monoisotopic (exact) mass is 227 g/mol. The normalized spacial score (nSPS) is 9.62. The van der Waals surface area contributed by atoms with Crippen molar-refractivity contribution < 1.29 is 23.6 Å². The lowest BCUT2D eigenvalue weighted by Crippen LogP contribution is -2.07. The van der Waals surface area contributed by atoms with Crippen molar-refractivity contribution in [3.8, 4) is 0 Å². The first-order chi connectivity index (χ1) is 7.51. The maximum absolute atomic E-state index is 13.1. The fraction of sp³-hybridized carbons (Fsp3) is 0.111. The molecule has 0 bridgehead atoms. The Bertz CT molecular complexity index is 471. The molecular weight excluding hydrogens is 221 g/mol. The predicted octanol–water partition coefficient (Wildman–Crippen LogP) is 1.33. The number of hydrogen-bond acceptors (Lipinski definition) is 5. The Balaban J connectivity index is 3.48. The molecule has 0 fully saturated rings. The number of carbonyl (C=O) groups is 2. The molecule has 0 atom stereocenters. The van der Waals surface area contributed by atoms with Crippen LogP contribution >= 0.6 is 0 Å². The number of nitro benzene ring substituents is 1. The van der Waals surface area contributed by atoms with E-state index in [0.29, 0.717) is 6.07 Å². The molecule has 0 radical (unpaired) electrons. The van der Waals surface area contributed by atoms with E-state index < -0.39 is 33.5 Å². The number of ether oxygens (including phenoxy) is 1. The van der Waals surface area contributed by atoms with Crippen LogP contribution in [0.15, 0.2) is 12.1 Å². The number of rotatable bonds is 3. The van der Waals surface area contributed by atoms with Crippen molar-refractivity contribution in [3.63, 3.8) is 0 Å². The first-order valence-electron chi connectivity index (χ1n) is 4.02. The minimum atomic E-state index is -1.06. The van der Waals surface area contributed by atoms with E-state index in [1.807, 2.05) is 0 Å². The van der Waals surface area contributed by atoms with Crippen LogP contribution in [0.1, 0.15) is 20.7 Å². The second-order valence-electron chi connectivity index (χ2n) is 2.76. The second-order valence-corrected chi connectivity index (χ2v) is 2.76. The number of esters is 1. The van der Waals surface area contributed by atoms with Gasteiger partial charge < -0.3 is 4.74 Å². The van der Waals surface area contributed by atoms with Gasteiger partial charge in [0.1, 0.15) is 11.4 Å². The van der Waals surface area contributed by atoms with E-state index in [1.165, 1.54) is 0 Å². The number of nitro groups is 1. The smallest absolute Gasteiger partial charge is 0.344 e. The molecule has 0 N–H and O–H groups in total. The standard InChI is InChI=1S/C9H6FNO5/c1-16-9(13)6-2-5(4-12)7(10)3-8(6)11(14)15/h2-4H,1H3. The highest BCUT2D eigenvalue weighted by Crippen LogP contribution is 2.22. The predicted molar refractivity (Wildman–Crippen MR) is 49.8 cm³/mol. The summed E-state index contributed by atoms with van der Waals surface area (Å²) in [5, 5.41) is 10.5. The largest absolute Gasteiger partial charge is 0.465 e. The van der Waals surface area contributed by atoms with E-state index in [-0.39, 0.29) is 6.29 Å². The van der Waals surface area contributed by atoms with Gasteiger partial charge in [0, 0.05) is 0 Å². The Morgan fingerprint density at radius 3 is 2.62 bits per heavy atom. The maximum Gasteiger partial charge on any atom is 0.344 e. The summed E-state index contributed by atoms with van der Waals surface area (Å²) in [4.78, 5) is 31.2. The van der Waals surface area contributed by atoms with E-state index in [9.17, 15) is 24.1 Å². The summed E-state index contributed by atoms with van der Waals surface area (Å²) in [6.07, 6.45) is 0.158. The SMILES string of the molecule is COC(=O)c1cc(C=O)c(F)cc1[N+](=O)[O-]. The molecule has 0 saturated heterocycles. The number of halogens is 1. The van der Waals surface area contributed by atoms with E-state index >= 15 is 0 Å². The van der Waals surface area contributed by atoms with Gasteiger partial charge in [0.2, 0.25) is 0 Å². The Hall–Kier alpha value is -2.31. The van der Waals surface area contributed by atoms with Crippen LogP contribution in [0.2, 0.25) is 0 Å². The highest BCUT2D eigenvalue weighted by Gasteiger charge is 2.23. The van der Waals surface area contributed by atoms with Crippen LogP contribution in [0.25, 0.3) is 0 Å². The van der Waals surface area contributed by atoms with Crippen molar-refractivity contribution in [2.45, 2.75) is 0 Å². The maximum atomic E-state index is 13.1. The summed E-state index contributed by atoms with van der Waals surface area (Å²) in [5.74, 6) is -2.07. The number of hydrogen-bond donors (Lipinski definition) is 0. The van der Waals surface area contributed by atoms with Crippen LogP contribution in [0.3, 0.4) is 0 Å². The van der Waals surface area contributed by atoms with Gasteiger partial charge in [0.25, 0.3) is 5.69 Å². The lowest BCUT2D eigenvalue weighted by atomic mass is 10.1. The van der Waals surface area contributed by atoms with Crippen molar-refractivity contribution in [2.75, 3.05) is 7.11 Å². The van der Waals surface area contributed by atoms with Gasteiger partial charge in [-0.3, -0.25) is 14.9 Å². The molecule has 0 aliphatic heterocycles. The third-order valence-corrected chi connectivity index (χ3v) is 1.84. The van der Waals surface area contributed by atoms with Crippen LogP contribution in [-0.2, 0) is 4.74 Å². The van der Waals surface area contributed by atoms with E-state index in [2.05, 4.69) is 4.74 Å². The molecule has 1 rings (SSSR count). The topological polar surface area (TPSA) is 86.5 Å². The van der Waals surface area contributed by atoms with Crippen LogP contribution < -0.4 is 0 Å². The summed E-state index contributed by atoms with van der Waals surface area (Å²) >= 11 is 0. The Labute approximate surface area is 88.8 Å². The Kier molecular flexibility index (Phi) is 3.29. The highest BCUT2D eigenvalue weighted by molar-refractivity contribution is 5.95. The second kappa shape index (κ2) is 4.47. The molecule has 1 aromatic rings. The Morgan fingerprint density at radius 1 is 1.56 bits per heavy atom. The molecule has 1 aromatic carbocycles. The quantitative estimate of drug-likeness (QED) is 0.336. The van der Waals surface area contributed by atoms with Gasteiger partial charge in [-0.1, -0.05) is 0 Å².